The molecule has 1 saturated heterocycles. The van der Waals surface area contributed by atoms with Crippen LogP contribution in [0.1, 0.15) is 24.9 Å². The number of nitrogens with one attached hydrogen (secondary N) is 1. The maximum atomic E-state index is 10.1. The summed E-state index contributed by atoms with van der Waals surface area (Å²) in [5.74, 6) is 2.21. The maximum Gasteiger partial charge on any atom is 0.200 e. The number of benzene rings is 1. The topological polar surface area (TPSA) is 84.1 Å². The van der Waals surface area contributed by atoms with Crippen LogP contribution in [0, 0.1) is 5.92 Å². The Morgan fingerprint density at radius 3 is 2.55 bits per heavy atom. The Labute approximate surface area is 189 Å². The lowest BCUT2D eigenvalue weighted by atomic mass is 9.93. The molecule has 29 heavy (non-hydrogen) atoms. The number of likely N-dealkylation sites (tertiary alicyclic amines) is 1. The lowest BCUT2D eigenvalue weighted by Gasteiger charge is -2.39. The Kier molecular flexibility index (Phi) is 8.42. The second kappa shape index (κ2) is 10.6. The Bertz CT molecular complexity index is 787. The molecule has 160 valence electrons. The molecule has 1 aromatic carbocycles. The summed E-state index contributed by atoms with van der Waals surface area (Å²) in [5.41, 5.74) is 0.934. The Morgan fingerprint density at radius 2 is 2.00 bits per heavy atom. The second-order valence-electron chi connectivity index (χ2n) is 7.04. The number of aliphatic imine (C=N–C) groups is 1. The third-order valence-corrected chi connectivity index (χ3v) is 5.33. The summed E-state index contributed by atoms with van der Waals surface area (Å²) in [6.07, 6.45) is 6.82. The van der Waals surface area contributed by atoms with Gasteiger partial charge in [-0.1, -0.05) is 6.92 Å². The van der Waals surface area contributed by atoms with Gasteiger partial charge in [0.2, 0.25) is 5.75 Å². The molecule has 2 unspecified atom stereocenters. The highest BCUT2D eigenvalue weighted by atomic mass is 127. The number of methoxy groups -OCH3 is 2. The largest absolute Gasteiger partial charge is 0.502 e. The molecule has 1 aliphatic heterocycles. The molecule has 1 aromatic heterocycles. The summed E-state index contributed by atoms with van der Waals surface area (Å²) in [5, 5.41) is 13.5. The standard InChI is InChI=1S/C20H29N5O3.HI/c1-14-5-7-24(12-16(14)25-8-6-22-13-25)20(21-2)23-11-15-9-17(27-3)19(26)18(10-15)28-4;/h6,8-10,13-14,16,26H,5,7,11-12H2,1-4H3,(H,21,23);1H. The fraction of sp³-hybridized carbons (Fsp3) is 0.500. The van der Waals surface area contributed by atoms with E-state index in [4.69, 9.17) is 9.47 Å². The van der Waals surface area contributed by atoms with Crippen molar-refractivity contribution in [2.45, 2.75) is 25.9 Å². The summed E-state index contributed by atoms with van der Waals surface area (Å²) in [6.45, 7) is 4.66. The van der Waals surface area contributed by atoms with E-state index < -0.39 is 0 Å². The van der Waals surface area contributed by atoms with Gasteiger partial charge in [-0.15, -0.1) is 24.0 Å². The minimum atomic E-state index is 0. The van der Waals surface area contributed by atoms with Crippen LogP contribution < -0.4 is 14.8 Å². The monoisotopic (exact) mass is 515 g/mol. The summed E-state index contributed by atoms with van der Waals surface area (Å²) in [4.78, 5) is 10.9. The van der Waals surface area contributed by atoms with Crippen LogP contribution in [0.5, 0.6) is 17.2 Å². The van der Waals surface area contributed by atoms with Crippen molar-refractivity contribution in [3.63, 3.8) is 0 Å². The molecule has 0 bridgehead atoms. The Hall–Kier alpha value is -2.17. The van der Waals surface area contributed by atoms with Crippen LogP contribution in [-0.4, -0.2) is 59.9 Å². The van der Waals surface area contributed by atoms with Crippen molar-refractivity contribution < 1.29 is 14.6 Å². The van der Waals surface area contributed by atoms with Gasteiger partial charge in [-0.3, -0.25) is 4.99 Å². The number of piperidine rings is 1. The molecule has 0 radical (unpaired) electrons. The highest BCUT2D eigenvalue weighted by molar-refractivity contribution is 14.0. The number of phenols is 1. The summed E-state index contributed by atoms with van der Waals surface area (Å²) >= 11 is 0. The van der Waals surface area contributed by atoms with Crippen LogP contribution in [0.15, 0.2) is 35.8 Å². The summed E-state index contributed by atoms with van der Waals surface area (Å²) in [6, 6.07) is 3.96. The van der Waals surface area contributed by atoms with Gasteiger partial charge in [0.05, 0.1) is 26.6 Å². The van der Waals surface area contributed by atoms with Gasteiger partial charge in [-0.2, -0.15) is 0 Å². The van der Waals surface area contributed by atoms with Crippen molar-refractivity contribution in [2.24, 2.45) is 10.9 Å². The maximum absolute atomic E-state index is 10.1. The van der Waals surface area contributed by atoms with Crippen molar-refractivity contribution in [3.05, 3.63) is 36.4 Å². The normalized spacial score (nSPS) is 19.4. The van der Waals surface area contributed by atoms with E-state index in [0.29, 0.717) is 30.0 Å². The Morgan fingerprint density at radius 1 is 1.31 bits per heavy atom. The molecule has 2 atom stereocenters. The predicted octanol–water partition coefficient (Wildman–Crippen LogP) is 2.88. The van der Waals surface area contributed by atoms with E-state index in [-0.39, 0.29) is 29.7 Å². The number of ether oxygens (including phenoxy) is 2. The van der Waals surface area contributed by atoms with Crippen LogP contribution in [0.3, 0.4) is 0 Å². The first-order valence-electron chi connectivity index (χ1n) is 9.44. The van der Waals surface area contributed by atoms with E-state index in [1.807, 2.05) is 18.7 Å². The van der Waals surface area contributed by atoms with Gasteiger partial charge in [0.1, 0.15) is 0 Å². The van der Waals surface area contributed by atoms with Crippen molar-refractivity contribution in [1.82, 2.24) is 19.8 Å². The fourth-order valence-corrected chi connectivity index (χ4v) is 3.66. The molecule has 2 aromatic rings. The number of aromatic hydroxyl groups is 1. The number of hydrogen-bond donors (Lipinski definition) is 2. The lowest BCUT2D eigenvalue weighted by Crippen LogP contribution is -2.48. The fourth-order valence-electron chi connectivity index (χ4n) is 3.66. The number of aromatic nitrogens is 2. The van der Waals surface area contributed by atoms with E-state index in [1.165, 1.54) is 14.2 Å². The van der Waals surface area contributed by atoms with Crippen LogP contribution >= 0.6 is 24.0 Å². The molecule has 1 fully saturated rings. The molecular formula is C20H30IN5O3. The summed E-state index contributed by atoms with van der Waals surface area (Å²) in [7, 11) is 4.84. The highest BCUT2D eigenvalue weighted by Gasteiger charge is 2.28. The van der Waals surface area contributed by atoms with Gasteiger partial charge in [0.15, 0.2) is 17.5 Å². The van der Waals surface area contributed by atoms with Crippen molar-refractivity contribution in [3.8, 4) is 17.2 Å². The molecule has 2 heterocycles. The number of phenolic OH excluding ortho intramolecular Hbond substituents is 1. The minimum absolute atomic E-state index is 0. The second-order valence-corrected chi connectivity index (χ2v) is 7.04. The van der Waals surface area contributed by atoms with Crippen LogP contribution in [-0.2, 0) is 6.54 Å². The zero-order valence-corrected chi connectivity index (χ0v) is 19.7. The van der Waals surface area contributed by atoms with Gasteiger partial charge >= 0.3 is 0 Å². The number of halogens is 1. The third-order valence-electron chi connectivity index (χ3n) is 5.33. The van der Waals surface area contributed by atoms with Crippen molar-refractivity contribution in [1.29, 1.82) is 0 Å². The summed E-state index contributed by atoms with van der Waals surface area (Å²) < 4.78 is 12.7. The van der Waals surface area contributed by atoms with Crippen LogP contribution in [0.25, 0.3) is 0 Å². The van der Waals surface area contributed by atoms with Crippen molar-refractivity contribution >= 4 is 29.9 Å². The smallest absolute Gasteiger partial charge is 0.200 e. The highest BCUT2D eigenvalue weighted by Crippen LogP contribution is 2.37. The molecule has 0 spiro atoms. The SMILES string of the molecule is CN=C(NCc1cc(OC)c(O)c(OC)c1)N1CCC(C)C(n2ccnc2)C1.I. The minimum Gasteiger partial charge on any atom is -0.502 e. The average Bonchev–Trinajstić information content (AvgIpc) is 3.24. The van der Waals surface area contributed by atoms with E-state index >= 15 is 0 Å². The lowest BCUT2D eigenvalue weighted by molar-refractivity contribution is 0.189. The number of nitrogens with zero attached hydrogens (tertiary/aromatic N) is 4. The molecular weight excluding hydrogens is 485 g/mol. The quantitative estimate of drug-likeness (QED) is 0.362. The first-order valence-corrected chi connectivity index (χ1v) is 9.44. The first-order chi connectivity index (χ1) is 13.6. The zero-order valence-electron chi connectivity index (χ0n) is 17.3. The molecule has 3 rings (SSSR count). The molecule has 1 aliphatic rings. The first kappa shape index (κ1) is 23.1. The number of guanidine groups is 1. The van der Waals surface area contributed by atoms with E-state index in [1.54, 1.807) is 19.2 Å². The molecule has 2 N–H and O–H groups in total. The van der Waals surface area contributed by atoms with E-state index in [2.05, 4.69) is 31.7 Å². The predicted molar refractivity (Wildman–Crippen MR) is 123 cm³/mol. The van der Waals surface area contributed by atoms with E-state index in [0.717, 1.165) is 31.0 Å². The average molecular weight is 515 g/mol. The number of imidazole rings is 1. The third kappa shape index (κ3) is 5.26. The zero-order chi connectivity index (χ0) is 20.1. The number of hydrogen-bond acceptors (Lipinski definition) is 5. The van der Waals surface area contributed by atoms with Crippen LogP contribution in [0.2, 0.25) is 0 Å². The van der Waals surface area contributed by atoms with Gasteiger partial charge in [0, 0.05) is 39.1 Å². The molecule has 0 saturated carbocycles. The Balaban J connectivity index is 0.00000300. The van der Waals surface area contributed by atoms with Gasteiger partial charge in [-0.25, -0.2) is 4.98 Å². The van der Waals surface area contributed by atoms with Gasteiger partial charge in [0.25, 0.3) is 0 Å². The molecule has 8 nitrogen and oxygen atoms in total. The van der Waals surface area contributed by atoms with Gasteiger partial charge < -0.3 is 29.4 Å². The van der Waals surface area contributed by atoms with Crippen LogP contribution in [0.4, 0.5) is 0 Å². The molecule has 0 aliphatic carbocycles. The van der Waals surface area contributed by atoms with Gasteiger partial charge in [-0.05, 0) is 30.0 Å². The molecule has 0 amide bonds. The van der Waals surface area contributed by atoms with Crippen molar-refractivity contribution in [2.75, 3.05) is 34.4 Å². The van der Waals surface area contributed by atoms with E-state index in [9.17, 15) is 5.11 Å². The molecule has 9 heteroatoms. The number of rotatable bonds is 5.